The van der Waals surface area contributed by atoms with E-state index in [0.717, 1.165) is 30.5 Å². The highest BCUT2D eigenvalue weighted by Crippen LogP contribution is 2.50. The fourth-order valence-electron chi connectivity index (χ4n) is 3.62. The van der Waals surface area contributed by atoms with E-state index in [-0.39, 0.29) is 16.9 Å². The number of benzene rings is 2. The van der Waals surface area contributed by atoms with Crippen LogP contribution < -0.4 is 5.32 Å². The average Bonchev–Trinajstić information content (AvgIpc) is 3.37. The van der Waals surface area contributed by atoms with Crippen molar-refractivity contribution in [1.82, 2.24) is 9.88 Å². The molecule has 0 unspecified atom stereocenters. The summed E-state index contributed by atoms with van der Waals surface area (Å²) in [6, 6.07) is 12.5. The van der Waals surface area contributed by atoms with Crippen molar-refractivity contribution >= 4 is 16.8 Å². The molecular weight excluding hydrogens is 353 g/mol. The molecule has 0 bridgehead atoms. The Labute approximate surface area is 154 Å². The molecular formula is C21H19F3N2O. The first kappa shape index (κ1) is 17.6. The molecule has 1 aliphatic carbocycles. The maximum Gasteiger partial charge on any atom is 0.416 e. The van der Waals surface area contributed by atoms with Crippen LogP contribution in [0.5, 0.6) is 0 Å². The van der Waals surface area contributed by atoms with Crippen LogP contribution in [0.2, 0.25) is 0 Å². The first-order valence-electron chi connectivity index (χ1n) is 8.80. The molecule has 0 spiro atoms. The van der Waals surface area contributed by atoms with E-state index in [2.05, 4.69) is 28.2 Å². The number of hydrogen-bond donors (Lipinski definition) is 1. The van der Waals surface area contributed by atoms with Crippen LogP contribution in [0.4, 0.5) is 13.2 Å². The molecule has 1 aromatic heterocycles. The van der Waals surface area contributed by atoms with E-state index in [4.69, 9.17) is 0 Å². The number of nitrogens with one attached hydrogen (secondary N) is 1. The number of fused-ring (bicyclic) bond motifs is 1. The highest BCUT2D eigenvalue weighted by molar-refractivity contribution is 5.94. The van der Waals surface area contributed by atoms with Gasteiger partial charge in [0.05, 0.1) is 5.56 Å². The number of rotatable bonds is 4. The Morgan fingerprint density at radius 1 is 1.11 bits per heavy atom. The molecule has 27 heavy (non-hydrogen) atoms. The van der Waals surface area contributed by atoms with Gasteiger partial charge in [0.2, 0.25) is 0 Å². The zero-order valence-corrected chi connectivity index (χ0v) is 14.8. The lowest BCUT2D eigenvalue weighted by Gasteiger charge is -2.16. The summed E-state index contributed by atoms with van der Waals surface area (Å²) >= 11 is 0. The van der Waals surface area contributed by atoms with Crippen molar-refractivity contribution in [1.29, 1.82) is 0 Å². The average molecular weight is 372 g/mol. The summed E-state index contributed by atoms with van der Waals surface area (Å²) in [6.45, 7) is 0.473. The number of nitrogens with zero attached hydrogens (tertiary/aromatic N) is 1. The maximum absolute atomic E-state index is 12.6. The first-order valence-corrected chi connectivity index (χ1v) is 8.80. The molecule has 1 heterocycles. The monoisotopic (exact) mass is 372 g/mol. The van der Waals surface area contributed by atoms with Gasteiger partial charge in [-0.2, -0.15) is 13.2 Å². The molecule has 6 heteroatoms. The van der Waals surface area contributed by atoms with Gasteiger partial charge < -0.3 is 9.88 Å². The van der Waals surface area contributed by atoms with Crippen molar-refractivity contribution in [3.05, 3.63) is 71.4 Å². The second kappa shape index (κ2) is 6.15. The smallest absolute Gasteiger partial charge is 0.351 e. The number of aryl methyl sites for hydroxylation is 1. The Morgan fingerprint density at radius 2 is 1.78 bits per heavy atom. The van der Waals surface area contributed by atoms with Crippen molar-refractivity contribution in [2.45, 2.75) is 24.4 Å². The first-order chi connectivity index (χ1) is 12.8. The number of para-hydroxylation sites is 1. The summed E-state index contributed by atoms with van der Waals surface area (Å²) in [5.41, 5.74) is 1.74. The number of hydrogen-bond acceptors (Lipinski definition) is 1. The molecule has 140 valence electrons. The standard InChI is InChI=1S/C21H19F3N2O/c1-26-12-17(16-4-2-3-5-18(16)26)20(10-11-20)13-25-19(27)14-6-8-15(9-7-14)21(22,23)24/h2-9,12H,10-11,13H2,1H3,(H,25,27). The lowest BCUT2D eigenvalue weighted by atomic mass is 9.95. The Kier molecular flexibility index (Phi) is 4.02. The molecule has 1 aliphatic rings. The summed E-state index contributed by atoms with van der Waals surface area (Å²) in [5, 5.41) is 4.08. The van der Waals surface area contributed by atoms with E-state index < -0.39 is 11.7 Å². The number of alkyl halides is 3. The highest BCUT2D eigenvalue weighted by atomic mass is 19.4. The van der Waals surface area contributed by atoms with Gasteiger partial charge in [-0.15, -0.1) is 0 Å². The van der Waals surface area contributed by atoms with Crippen LogP contribution in [0.3, 0.4) is 0 Å². The van der Waals surface area contributed by atoms with E-state index in [0.29, 0.717) is 6.54 Å². The second-order valence-electron chi connectivity index (χ2n) is 7.21. The Morgan fingerprint density at radius 3 is 2.41 bits per heavy atom. The molecule has 4 rings (SSSR count). The molecule has 0 atom stereocenters. The summed E-state index contributed by atoms with van der Waals surface area (Å²) in [5.74, 6) is -0.352. The van der Waals surface area contributed by atoms with Crippen LogP contribution in [0.25, 0.3) is 10.9 Å². The van der Waals surface area contributed by atoms with Crippen LogP contribution in [-0.4, -0.2) is 17.0 Å². The molecule has 2 aromatic carbocycles. The minimum Gasteiger partial charge on any atom is -0.351 e. The van der Waals surface area contributed by atoms with Gasteiger partial charge in [0.15, 0.2) is 0 Å². The third-order valence-electron chi connectivity index (χ3n) is 5.38. The minimum absolute atomic E-state index is 0.0948. The highest BCUT2D eigenvalue weighted by Gasteiger charge is 2.46. The van der Waals surface area contributed by atoms with E-state index in [1.165, 1.54) is 23.1 Å². The summed E-state index contributed by atoms with van der Waals surface area (Å²) < 4.78 is 40.0. The van der Waals surface area contributed by atoms with Crippen molar-refractivity contribution in [3.8, 4) is 0 Å². The lowest BCUT2D eigenvalue weighted by Crippen LogP contribution is -2.32. The van der Waals surface area contributed by atoms with Crippen LogP contribution in [-0.2, 0) is 18.6 Å². The van der Waals surface area contributed by atoms with Gasteiger partial charge in [-0.3, -0.25) is 4.79 Å². The van der Waals surface area contributed by atoms with Gasteiger partial charge >= 0.3 is 6.18 Å². The third-order valence-corrected chi connectivity index (χ3v) is 5.38. The topological polar surface area (TPSA) is 34.0 Å². The molecule has 1 saturated carbocycles. The third kappa shape index (κ3) is 3.20. The van der Waals surface area contributed by atoms with Crippen LogP contribution in [0.1, 0.15) is 34.3 Å². The number of amides is 1. The number of carbonyl (C=O) groups is 1. The van der Waals surface area contributed by atoms with Crippen molar-refractivity contribution < 1.29 is 18.0 Å². The molecule has 1 amide bonds. The maximum atomic E-state index is 12.6. The molecule has 3 nitrogen and oxygen atoms in total. The molecule has 0 radical (unpaired) electrons. The molecule has 3 aromatic rings. The van der Waals surface area contributed by atoms with Gasteiger partial charge in [-0.25, -0.2) is 0 Å². The van der Waals surface area contributed by atoms with Gasteiger partial charge in [0, 0.05) is 41.7 Å². The fraction of sp³-hybridized carbons (Fsp3) is 0.286. The van der Waals surface area contributed by atoms with E-state index >= 15 is 0 Å². The van der Waals surface area contributed by atoms with Crippen molar-refractivity contribution in [2.24, 2.45) is 7.05 Å². The van der Waals surface area contributed by atoms with Gasteiger partial charge in [0.25, 0.3) is 5.91 Å². The predicted molar refractivity (Wildman–Crippen MR) is 97.6 cm³/mol. The summed E-state index contributed by atoms with van der Waals surface area (Å²) in [7, 11) is 2.00. The molecule has 1 fully saturated rings. The summed E-state index contributed by atoms with van der Waals surface area (Å²) in [6.07, 6.45) is -0.327. The van der Waals surface area contributed by atoms with Crippen molar-refractivity contribution in [2.75, 3.05) is 6.54 Å². The van der Waals surface area contributed by atoms with E-state index in [1.807, 2.05) is 19.2 Å². The molecule has 0 saturated heterocycles. The Hall–Kier alpha value is -2.76. The van der Waals surface area contributed by atoms with Gasteiger partial charge in [-0.05, 0) is 48.7 Å². The number of carbonyl (C=O) groups excluding carboxylic acids is 1. The zero-order chi connectivity index (χ0) is 19.2. The number of halogens is 3. The quantitative estimate of drug-likeness (QED) is 0.710. The molecule has 0 aliphatic heterocycles. The van der Waals surface area contributed by atoms with Crippen molar-refractivity contribution in [3.63, 3.8) is 0 Å². The fourth-order valence-corrected chi connectivity index (χ4v) is 3.62. The SMILES string of the molecule is Cn1cc(C2(CNC(=O)c3ccc(C(F)(F)F)cc3)CC2)c2ccccc21. The van der Waals surface area contributed by atoms with Crippen LogP contribution in [0.15, 0.2) is 54.7 Å². The number of aromatic nitrogens is 1. The predicted octanol–water partition coefficient (Wildman–Crippen LogP) is 4.66. The second-order valence-corrected chi connectivity index (χ2v) is 7.21. The minimum atomic E-state index is -4.40. The zero-order valence-electron chi connectivity index (χ0n) is 14.8. The molecule has 1 N–H and O–H groups in total. The normalized spacial score (nSPS) is 15.7. The van der Waals surface area contributed by atoms with E-state index in [9.17, 15) is 18.0 Å². The summed E-state index contributed by atoms with van der Waals surface area (Å²) in [4.78, 5) is 12.4. The largest absolute Gasteiger partial charge is 0.416 e. The Balaban J connectivity index is 1.50. The van der Waals surface area contributed by atoms with Gasteiger partial charge in [-0.1, -0.05) is 18.2 Å². The van der Waals surface area contributed by atoms with Crippen LogP contribution in [0, 0.1) is 0 Å². The van der Waals surface area contributed by atoms with Gasteiger partial charge in [0.1, 0.15) is 0 Å². The van der Waals surface area contributed by atoms with E-state index in [1.54, 1.807) is 0 Å². The lowest BCUT2D eigenvalue weighted by molar-refractivity contribution is -0.137. The van der Waals surface area contributed by atoms with Crippen LogP contribution >= 0.6 is 0 Å². The Bertz CT molecular complexity index is 998.